The van der Waals surface area contributed by atoms with Crippen LogP contribution in [0.15, 0.2) is 47.1 Å². The fraction of sp³-hybridized carbons (Fsp3) is 0.222. The van der Waals surface area contributed by atoms with E-state index in [1.807, 2.05) is 0 Å². The number of phenolic OH excluding ortho intramolecular Hbond substituents is 1. The highest BCUT2D eigenvalue weighted by Gasteiger charge is 2.33. The zero-order valence-electron chi connectivity index (χ0n) is 13.9. The molecule has 0 saturated heterocycles. The predicted octanol–water partition coefficient (Wildman–Crippen LogP) is 1.03. The highest BCUT2D eigenvalue weighted by atomic mass is 16.4. The molecule has 9 nitrogen and oxygen atoms in total. The van der Waals surface area contributed by atoms with E-state index in [2.05, 4.69) is 4.99 Å². The topological polar surface area (TPSA) is 148 Å². The molecule has 4 N–H and O–H groups in total. The lowest BCUT2D eigenvalue weighted by molar-refractivity contribution is -0.139. The van der Waals surface area contributed by atoms with Gasteiger partial charge in [-0.15, -0.1) is 0 Å². The summed E-state index contributed by atoms with van der Waals surface area (Å²) in [6.07, 6.45) is 4.43. The summed E-state index contributed by atoms with van der Waals surface area (Å²) in [5, 5.41) is 37.3. The molecule has 1 unspecified atom stereocenters. The van der Waals surface area contributed by atoms with Gasteiger partial charge in [0.05, 0.1) is 0 Å². The van der Waals surface area contributed by atoms with Gasteiger partial charge in [0.1, 0.15) is 17.5 Å². The fourth-order valence-electron chi connectivity index (χ4n) is 3.11. The Morgan fingerprint density at radius 2 is 1.85 bits per heavy atom. The maximum absolute atomic E-state index is 11.6. The molecule has 1 aromatic rings. The van der Waals surface area contributed by atoms with Gasteiger partial charge in [0.15, 0.2) is 6.04 Å². The minimum atomic E-state index is -1.34. The molecule has 9 heteroatoms. The van der Waals surface area contributed by atoms with E-state index in [0.29, 0.717) is 16.8 Å². The Kier molecular flexibility index (Phi) is 4.68. The van der Waals surface area contributed by atoms with Crippen molar-refractivity contribution in [3.8, 4) is 5.75 Å². The second-order valence-corrected chi connectivity index (χ2v) is 6.19. The molecular formula is C18H16N2O7. The number of benzene rings is 1. The van der Waals surface area contributed by atoms with Crippen LogP contribution in [-0.2, 0) is 20.8 Å². The second-order valence-electron chi connectivity index (χ2n) is 6.19. The lowest BCUT2D eigenvalue weighted by atomic mass is 10.0. The summed E-state index contributed by atoms with van der Waals surface area (Å²) in [7, 11) is 0. The van der Waals surface area contributed by atoms with Gasteiger partial charge in [0.2, 0.25) is 0 Å². The minimum absolute atomic E-state index is 0.00335. The van der Waals surface area contributed by atoms with Crippen LogP contribution in [0.25, 0.3) is 0 Å². The second kappa shape index (κ2) is 6.94. The van der Waals surface area contributed by atoms with E-state index >= 15 is 0 Å². The molecule has 2 atom stereocenters. The molecule has 3 rings (SSSR count). The molecule has 1 aromatic carbocycles. The summed E-state index contributed by atoms with van der Waals surface area (Å²) in [4.78, 5) is 39.1. The minimum Gasteiger partial charge on any atom is -0.508 e. The zero-order chi connectivity index (χ0) is 19.7. The molecule has 0 aliphatic carbocycles. The number of aliphatic imine (C=N–C) groups is 1. The Morgan fingerprint density at radius 3 is 2.48 bits per heavy atom. The first-order chi connectivity index (χ1) is 12.8. The number of aromatic hydroxyl groups is 1. The van der Waals surface area contributed by atoms with Crippen molar-refractivity contribution in [2.24, 2.45) is 4.99 Å². The highest BCUT2D eigenvalue weighted by Crippen LogP contribution is 2.35. The molecule has 2 aliphatic heterocycles. The van der Waals surface area contributed by atoms with Gasteiger partial charge in [-0.3, -0.25) is 4.99 Å². The molecule has 0 bridgehead atoms. The maximum Gasteiger partial charge on any atom is 0.354 e. The number of rotatable bonds is 5. The van der Waals surface area contributed by atoms with Crippen molar-refractivity contribution in [3.63, 3.8) is 0 Å². The van der Waals surface area contributed by atoms with Crippen LogP contribution in [0, 0.1) is 0 Å². The maximum atomic E-state index is 11.6. The van der Waals surface area contributed by atoms with Crippen LogP contribution >= 0.6 is 0 Å². The van der Waals surface area contributed by atoms with Crippen molar-refractivity contribution in [1.82, 2.24) is 0 Å². The summed E-state index contributed by atoms with van der Waals surface area (Å²) in [6, 6.07) is 2.44. The predicted molar refractivity (Wildman–Crippen MR) is 94.0 cm³/mol. The smallest absolute Gasteiger partial charge is 0.354 e. The molecule has 2 aliphatic rings. The van der Waals surface area contributed by atoms with Gasteiger partial charge in [-0.25, -0.2) is 14.4 Å². The van der Waals surface area contributed by atoms with E-state index < -0.39 is 30.0 Å². The lowest BCUT2D eigenvalue weighted by Gasteiger charge is -2.21. The summed E-state index contributed by atoms with van der Waals surface area (Å²) in [5.74, 6) is -3.59. The van der Waals surface area contributed by atoms with E-state index in [0.717, 1.165) is 0 Å². The van der Waals surface area contributed by atoms with Gasteiger partial charge >= 0.3 is 17.9 Å². The summed E-state index contributed by atoms with van der Waals surface area (Å²) in [5.41, 5.74) is 1.32. The van der Waals surface area contributed by atoms with E-state index in [1.54, 1.807) is 6.07 Å². The van der Waals surface area contributed by atoms with Gasteiger partial charge < -0.3 is 25.3 Å². The number of hydrogen-bond acceptors (Lipinski definition) is 6. The molecule has 0 saturated carbocycles. The van der Waals surface area contributed by atoms with E-state index in [9.17, 15) is 24.6 Å². The third-order valence-corrected chi connectivity index (χ3v) is 4.37. The van der Waals surface area contributed by atoms with Gasteiger partial charge in [0, 0.05) is 24.7 Å². The number of allylic oxidation sites excluding steroid dienone is 1. The van der Waals surface area contributed by atoms with E-state index in [4.69, 9.17) is 10.2 Å². The van der Waals surface area contributed by atoms with Gasteiger partial charge in [-0.2, -0.15) is 0 Å². The quantitative estimate of drug-likeness (QED) is 0.599. The fourth-order valence-corrected chi connectivity index (χ4v) is 3.11. The van der Waals surface area contributed by atoms with Crippen molar-refractivity contribution in [2.45, 2.75) is 24.9 Å². The average Bonchev–Trinajstić information content (AvgIpc) is 2.97. The molecular weight excluding hydrogens is 356 g/mol. The first kappa shape index (κ1) is 18.2. The number of carboxylic acid groups (broad SMARTS) is 3. The SMILES string of the molecule is O=C(O)C1=NC(C(=O)O)CC(/C=C/N2c3ccc(O)cc3C[C@@H]2C(=O)O)=C1. The summed E-state index contributed by atoms with van der Waals surface area (Å²) < 4.78 is 0. The Hall–Kier alpha value is -3.62. The Balaban J connectivity index is 1.92. The molecule has 0 aromatic heterocycles. The van der Waals surface area contributed by atoms with Crippen LogP contribution < -0.4 is 4.90 Å². The van der Waals surface area contributed by atoms with Crippen molar-refractivity contribution in [2.75, 3.05) is 4.90 Å². The van der Waals surface area contributed by atoms with Gasteiger partial charge in [0.25, 0.3) is 0 Å². The largest absolute Gasteiger partial charge is 0.508 e. The molecule has 0 radical (unpaired) electrons. The molecule has 140 valence electrons. The number of aliphatic carboxylic acids is 3. The molecule has 0 amide bonds. The number of carbonyl (C=O) groups is 3. The number of nitrogens with zero attached hydrogens (tertiary/aromatic N) is 2. The van der Waals surface area contributed by atoms with Gasteiger partial charge in [-0.05, 0) is 41.5 Å². The third-order valence-electron chi connectivity index (χ3n) is 4.37. The third kappa shape index (κ3) is 3.66. The number of hydrogen-bond donors (Lipinski definition) is 4. The number of carboxylic acids is 3. The zero-order valence-corrected chi connectivity index (χ0v) is 13.9. The van der Waals surface area contributed by atoms with E-state index in [1.165, 1.54) is 35.4 Å². The Bertz CT molecular complexity index is 916. The van der Waals surface area contributed by atoms with Crippen molar-refractivity contribution in [1.29, 1.82) is 0 Å². The van der Waals surface area contributed by atoms with Crippen LogP contribution in [-0.4, -0.2) is 56.1 Å². The van der Waals surface area contributed by atoms with Crippen molar-refractivity contribution < 1.29 is 34.8 Å². The normalized spacial score (nSPS) is 21.6. The average molecular weight is 372 g/mol. The first-order valence-electron chi connectivity index (χ1n) is 8.02. The highest BCUT2D eigenvalue weighted by molar-refractivity contribution is 6.41. The Labute approximate surface area is 153 Å². The first-order valence-corrected chi connectivity index (χ1v) is 8.02. The number of dihydropyridines is 1. The molecule has 2 heterocycles. The van der Waals surface area contributed by atoms with Crippen molar-refractivity contribution in [3.05, 3.63) is 47.7 Å². The lowest BCUT2D eigenvalue weighted by Crippen LogP contribution is -2.34. The summed E-state index contributed by atoms with van der Waals surface area (Å²) >= 11 is 0. The monoisotopic (exact) mass is 372 g/mol. The van der Waals surface area contributed by atoms with Crippen LogP contribution in [0.1, 0.15) is 12.0 Å². The Morgan fingerprint density at radius 1 is 1.11 bits per heavy atom. The van der Waals surface area contributed by atoms with Crippen LogP contribution in [0.3, 0.4) is 0 Å². The number of anilines is 1. The van der Waals surface area contributed by atoms with Crippen LogP contribution in [0.2, 0.25) is 0 Å². The molecule has 0 fully saturated rings. The van der Waals surface area contributed by atoms with Crippen LogP contribution in [0.4, 0.5) is 5.69 Å². The van der Waals surface area contributed by atoms with E-state index in [-0.39, 0.29) is 24.3 Å². The van der Waals surface area contributed by atoms with Crippen molar-refractivity contribution >= 4 is 29.3 Å². The molecule has 0 spiro atoms. The van der Waals surface area contributed by atoms with Crippen LogP contribution in [0.5, 0.6) is 5.75 Å². The summed E-state index contributed by atoms with van der Waals surface area (Å²) in [6.45, 7) is 0. The standard InChI is InChI=1S/C18H16N2O7/c21-11-1-2-14-10(7-11)8-15(18(26)27)20(14)4-3-9-5-12(16(22)23)19-13(6-9)17(24)25/h1-5,7,13,15,21H,6,8H2,(H,22,23)(H,24,25)(H,26,27)/b4-3+/t13?,15-/m1/s1. The number of phenols is 1. The number of fused-ring (bicyclic) bond motifs is 1. The van der Waals surface area contributed by atoms with Gasteiger partial charge in [-0.1, -0.05) is 0 Å². The molecule has 27 heavy (non-hydrogen) atoms.